The van der Waals surface area contributed by atoms with Gasteiger partial charge in [-0.05, 0) is 61.7 Å². The minimum atomic E-state index is -4.95. The molecule has 2 fully saturated rings. The summed E-state index contributed by atoms with van der Waals surface area (Å²) in [6.07, 6.45) is -2.80. The standard InChI is InChI=1S/C20H20F3N3O3/c21-20(22,23)19(28)25-14-3-1-13(2-4-14)16-5-6-17(29-16)18(27)24-15-9-12-7-8-26(10-12)11-15/h1-6,12,15H,7-11H2,(H,24,27)(H,25,28). The first-order chi connectivity index (χ1) is 13.8. The molecule has 3 atom stereocenters. The number of piperidine rings is 1. The van der Waals surface area contributed by atoms with Crippen LogP contribution in [0, 0.1) is 5.92 Å². The summed E-state index contributed by atoms with van der Waals surface area (Å²) in [4.78, 5) is 25.8. The van der Waals surface area contributed by atoms with Gasteiger partial charge in [0.15, 0.2) is 5.76 Å². The van der Waals surface area contributed by atoms with Crippen molar-refractivity contribution < 1.29 is 27.2 Å². The first kappa shape index (κ1) is 19.5. The molecule has 6 nitrogen and oxygen atoms in total. The lowest BCUT2D eigenvalue weighted by Gasteiger charge is -2.30. The fourth-order valence-corrected chi connectivity index (χ4v) is 3.96. The van der Waals surface area contributed by atoms with Gasteiger partial charge in [0, 0.05) is 30.4 Å². The second-order valence-electron chi connectivity index (χ2n) is 7.51. The van der Waals surface area contributed by atoms with Gasteiger partial charge in [0.2, 0.25) is 0 Å². The molecule has 1 aromatic carbocycles. The van der Waals surface area contributed by atoms with Gasteiger partial charge in [-0.15, -0.1) is 0 Å². The number of carbonyl (C=O) groups is 2. The summed E-state index contributed by atoms with van der Waals surface area (Å²) in [7, 11) is 0. The molecule has 2 N–H and O–H groups in total. The van der Waals surface area contributed by atoms with Gasteiger partial charge in [-0.2, -0.15) is 13.2 Å². The first-order valence-corrected chi connectivity index (χ1v) is 9.39. The molecule has 0 aliphatic carbocycles. The Kier molecular flexibility index (Phi) is 5.08. The molecule has 154 valence electrons. The van der Waals surface area contributed by atoms with Crippen LogP contribution in [0.15, 0.2) is 40.8 Å². The number of furan rings is 1. The van der Waals surface area contributed by atoms with Crippen molar-refractivity contribution in [1.29, 1.82) is 0 Å². The van der Waals surface area contributed by atoms with Crippen LogP contribution < -0.4 is 10.6 Å². The molecule has 2 aromatic rings. The van der Waals surface area contributed by atoms with Crippen molar-refractivity contribution in [1.82, 2.24) is 10.2 Å². The number of anilines is 1. The van der Waals surface area contributed by atoms with Crippen LogP contribution in [0.3, 0.4) is 0 Å². The fourth-order valence-electron chi connectivity index (χ4n) is 3.96. The number of amides is 2. The molecule has 0 spiro atoms. The Morgan fingerprint density at radius 3 is 2.52 bits per heavy atom. The van der Waals surface area contributed by atoms with Crippen LogP contribution >= 0.6 is 0 Å². The number of nitrogens with one attached hydrogen (secondary N) is 2. The summed E-state index contributed by atoms with van der Waals surface area (Å²) in [5, 5.41) is 4.80. The number of nitrogens with zero attached hydrogens (tertiary/aromatic N) is 1. The van der Waals surface area contributed by atoms with E-state index in [9.17, 15) is 22.8 Å². The second-order valence-corrected chi connectivity index (χ2v) is 7.51. The molecule has 3 heterocycles. The van der Waals surface area contributed by atoms with E-state index in [-0.39, 0.29) is 23.4 Å². The summed E-state index contributed by atoms with van der Waals surface area (Å²) < 4.78 is 42.5. The van der Waals surface area contributed by atoms with Crippen LogP contribution in [0.4, 0.5) is 18.9 Å². The van der Waals surface area contributed by atoms with Gasteiger partial charge in [0.25, 0.3) is 5.91 Å². The zero-order valence-electron chi connectivity index (χ0n) is 15.5. The maximum absolute atomic E-state index is 12.5. The van der Waals surface area contributed by atoms with Crippen LogP contribution in [0.1, 0.15) is 23.4 Å². The Morgan fingerprint density at radius 1 is 1.07 bits per heavy atom. The maximum Gasteiger partial charge on any atom is 0.471 e. The number of hydrogen-bond acceptors (Lipinski definition) is 4. The average Bonchev–Trinajstić information content (AvgIpc) is 3.28. The summed E-state index contributed by atoms with van der Waals surface area (Å²) >= 11 is 0. The molecule has 0 radical (unpaired) electrons. The van der Waals surface area contributed by atoms with Gasteiger partial charge >= 0.3 is 12.1 Å². The molecule has 3 unspecified atom stereocenters. The maximum atomic E-state index is 12.5. The lowest BCUT2D eigenvalue weighted by atomic mass is 9.97. The molecule has 9 heteroatoms. The van der Waals surface area contributed by atoms with Crippen molar-refractivity contribution in [2.45, 2.75) is 25.1 Å². The highest BCUT2D eigenvalue weighted by Gasteiger charge is 2.38. The quantitative estimate of drug-likeness (QED) is 0.816. The number of hydrogen-bond donors (Lipinski definition) is 2. The fraction of sp³-hybridized carbons (Fsp3) is 0.400. The monoisotopic (exact) mass is 407 g/mol. The number of halogens is 3. The van der Waals surface area contributed by atoms with E-state index >= 15 is 0 Å². The molecule has 4 rings (SSSR count). The van der Waals surface area contributed by atoms with Crippen molar-refractivity contribution in [3.8, 4) is 11.3 Å². The van der Waals surface area contributed by atoms with Gasteiger partial charge in [-0.3, -0.25) is 9.59 Å². The summed E-state index contributed by atoms with van der Waals surface area (Å²) in [6, 6.07) is 9.01. The lowest BCUT2D eigenvalue weighted by molar-refractivity contribution is -0.167. The van der Waals surface area contributed by atoms with Crippen LogP contribution in [0.2, 0.25) is 0 Å². The zero-order valence-corrected chi connectivity index (χ0v) is 15.5. The van der Waals surface area contributed by atoms with E-state index in [1.54, 1.807) is 17.4 Å². The minimum Gasteiger partial charge on any atom is -0.451 e. The first-order valence-electron chi connectivity index (χ1n) is 9.39. The number of benzene rings is 1. The van der Waals surface area contributed by atoms with Gasteiger partial charge in [-0.1, -0.05) is 0 Å². The van der Waals surface area contributed by atoms with E-state index in [0.29, 0.717) is 17.2 Å². The molecular formula is C20H20F3N3O3. The number of rotatable bonds is 4. The molecule has 2 bridgehead atoms. The average molecular weight is 407 g/mol. The molecule has 29 heavy (non-hydrogen) atoms. The predicted molar refractivity (Wildman–Crippen MR) is 99.2 cm³/mol. The summed E-state index contributed by atoms with van der Waals surface area (Å²) in [5.74, 6) is -1.08. The topological polar surface area (TPSA) is 74.6 Å². The van der Waals surface area contributed by atoms with Crippen LogP contribution in [-0.2, 0) is 4.79 Å². The van der Waals surface area contributed by atoms with Crippen molar-refractivity contribution in [3.05, 3.63) is 42.2 Å². The summed E-state index contributed by atoms with van der Waals surface area (Å²) in [5.41, 5.74) is 0.596. The molecule has 1 aromatic heterocycles. The lowest BCUT2D eigenvalue weighted by Crippen LogP contribution is -2.46. The van der Waals surface area contributed by atoms with E-state index in [1.165, 1.54) is 30.7 Å². The van der Waals surface area contributed by atoms with Crippen molar-refractivity contribution in [2.24, 2.45) is 5.92 Å². The Balaban J connectivity index is 1.38. The van der Waals surface area contributed by atoms with Gasteiger partial charge in [-0.25, -0.2) is 0 Å². The Labute approximate surface area is 165 Å². The molecule has 0 saturated carbocycles. The highest BCUT2D eigenvalue weighted by molar-refractivity contribution is 5.95. The molecule has 2 amide bonds. The van der Waals surface area contributed by atoms with E-state index in [4.69, 9.17) is 4.42 Å². The van der Waals surface area contributed by atoms with E-state index in [2.05, 4.69) is 10.2 Å². The number of fused-ring (bicyclic) bond motifs is 2. The number of carbonyl (C=O) groups excluding carboxylic acids is 2. The SMILES string of the molecule is O=C(NC1CC2CCN(C2)C1)c1ccc(-c2ccc(NC(=O)C(F)(F)F)cc2)o1. The van der Waals surface area contributed by atoms with E-state index < -0.39 is 12.1 Å². The third-order valence-corrected chi connectivity index (χ3v) is 5.32. The van der Waals surface area contributed by atoms with E-state index in [0.717, 1.165) is 26.1 Å². The van der Waals surface area contributed by atoms with Crippen molar-refractivity contribution in [2.75, 3.05) is 25.0 Å². The van der Waals surface area contributed by atoms with Crippen LogP contribution in [-0.4, -0.2) is 48.6 Å². The predicted octanol–water partition coefficient (Wildman–Crippen LogP) is 3.27. The summed E-state index contributed by atoms with van der Waals surface area (Å²) in [6.45, 7) is 3.04. The minimum absolute atomic E-state index is 0.0162. The van der Waals surface area contributed by atoms with Gasteiger partial charge < -0.3 is 20.0 Å². The highest BCUT2D eigenvalue weighted by atomic mass is 19.4. The van der Waals surface area contributed by atoms with Crippen LogP contribution in [0.25, 0.3) is 11.3 Å². The molecule has 2 aliphatic rings. The highest BCUT2D eigenvalue weighted by Crippen LogP contribution is 2.28. The third-order valence-electron chi connectivity index (χ3n) is 5.32. The largest absolute Gasteiger partial charge is 0.471 e. The zero-order chi connectivity index (χ0) is 20.6. The third kappa shape index (κ3) is 4.45. The number of alkyl halides is 3. The van der Waals surface area contributed by atoms with Crippen molar-refractivity contribution in [3.63, 3.8) is 0 Å². The van der Waals surface area contributed by atoms with E-state index in [1.807, 2.05) is 0 Å². The van der Waals surface area contributed by atoms with Gasteiger partial charge in [0.05, 0.1) is 0 Å². The second kappa shape index (κ2) is 7.55. The Hall–Kier alpha value is -2.81. The Bertz CT molecular complexity index is 896. The van der Waals surface area contributed by atoms with Crippen molar-refractivity contribution >= 4 is 17.5 Å². The smallest absolute Gasteiger partial charge is 0.451 e. The normalized spacial score (nSPS) is 23.6. The van der Waals surface area contributed by atoms with Gasteiger partial charge in [0.1, 0.15) is 5.76 Å². The Morgan fingerprint density at radius 2 is 1.83 bits per heavy atom. The molecule has 2 aliphatic heterocycles. The molecular weight excluding hydrogens is 387 g/mol. The molecule has 2 saturated heterocycles. The van der Waals surface area contributed by atoms with Crippen LogP contribution in [0.5, 0.6) is 0 Å².